The molecule has 3 heteroatoms. The molecule has 0 radical (unpaired) electrons. The molecule has 104 valence electrons. The lowest BCUT2D eigenvalue weighted by Crippen LogP contribution is -2.29. The van der Waals surface area contributed by atoms with Crippen LogP contribution >= 0.6 is 0 Å². The first kappa shape index (κ1) is 14.2. The average molecular weight is 262 g/mol. The number of Topliss-reactive ketones (excluding diaryl/α,β-unsaturated/α-hetero) is 1. The normalized spacial score (nSPS) is 29.1. The van der Waals surface area contributed by atoms with Crippen molar-refractivity contribution < 1.29 is 14.3 Å². The van der Waals surface area contributed by atoms with Gasteiger partial charge in [-0.3, -0.25) is 4.79 Å². The lowest BCUT2D eigenvalue weighted by molar-refractivity contribution is -0.154. The van der Waals surface area contributed by atoms with Crippen LogP contribution in [0.1, 0.15) is 40.0 Å². The molecule has 0 bridgehead atoms. The van der Waals surface area contributed by atoms with Crippen LogP contribution < -0.4 is 0 Å². The lowest BCUT2D eigenvalue weighted by Gasteiger charge is -2.16. The molecule has 1 heterocycles. The van der Waals surface area contributed by atoms with E-state index in [1.165, 1.54) is 5.57 Å². The van der Waals surface area contributed by atoms with Gasteiger partial charge in [-0.25, -0.2) is 0 Å². The first-order valence-electron chi connectivity index (χ1n) is 6.87. The van der Waals surface area contributed by atoms with E-state index in [1.807, 2.05) is 39.0 Å². The second-order valence-corrected chi connectivity index (χ2v) is 5.57. The molecular weight excluding hydrogens is 240 g/mol. The van der Waals surface area contributed by atoms with Gasteiger partial charge in [-0.1, -0.05) is 36.0 Å². The van der Waals surface area contributed by atoms with E-state index in [0.29, 0.717) is 6.42 Å². The standard InChI is InChI=1S/C16H22O3/c1-12-15(19-16(2,3)18-12)14(17)11-10-13-8-6-4-5-7-9-13/h4-8,12,15H,9-11H2,1-3H3. The van der Waals surface area contributed by atoms with Gasteiger partial charge in [0.05, 0.1) is 6.10 Å². The molecule has 3 nitrogen and oxygen atoms in total. The second-order valence-electron chi connectivity index (χ2n) is 5.57. The summed E-state index contributed by atoms with van der Waals surface area (Å²) in [5.74, 6) is -0.511. The van der Waals surface area contributed by atoms with Crippen LogP contribution in [0.5, 0.6) is 0 Å². The molecule has 0 aromatic heterocycles. The number of ether oxygens (including phenoxy) is 2. The fraction of sp³-hybridized carbons (Fsp3) is 0.562. The minimum absolute atomic E-state index is 0.135. The Morgan fingerprint density at radius 2 is 2.11 bits per heavy atom. The van der Waals surface area contributed by atoms with Gasteiger partial charge in [0.1, 0.15) is 6.10 Å². The van der Waals surface area contributed by atoms with Crippen molar-refractivity contribution in [2.45, 2.75) is 58.0 Å². The molecule has 1 aliphatic carbocycles. The summed E-state index contributed by atoms with van der Waals surface area (Å²) < 4.78 is 11.3. The topological polar surface area (TPSA) is 35.5 Å². The van der Waals surface area contributed by atoms with Crippen molar-refractivity contribution in [2.24, 2.45) is 0 Å². The molecule has 0 spiro atoms. The average Bonchev–Trinajstić information content (AvgIpc) is 2.56. The molecule has 0 amide bonds. The molecule has 0 N–H and O–H groups in total. The van der Waals surface area contributed by atoms with E-state index in [-0.39, 0.29) is 11.9 Å². The zero-order valence-corrected chi connectivity index (χ0v) is 11.9. The summed E-state index contributed by atoms with van der Waals surface area (Å²) in [6.45, 7) is 5.59. The van der Waals surface area contributed by atoms with Gasteiger partial charge < -0.3 is 9.47 Å². The monoisotopic (exact) mass is 262 g/mol. The van der Waals surface area contributed by atoms with Crippen molar-refractivity contribution >= 4 is 5.78 Å². The highest BCUT2D eigenvalue weighted by Gasteiger charge is 2.42. The van der Waals surface area contributed by atoms with Crippen LogP contribution in [0, 0.1) is 0 Å². The molecule has 0 saturated carbocycles. The van der Waals surface area contributed by atoms with Gasteiger partial charge in [0.25, 0.3) is 0 Å². The Bertz CT molecular complexity index is 429. The van der Waals surface area contributed by atoms with Gasteiger partial charge in [0.2, 0.25) is 0 Å². The largest absolute Gasteiger partial charge is 0.344 e. The third-order valence-corrected chi connectivity index (χ3v) is 3.39. The summed E-state index contributed by atoms with van der Waals surface area (Å²) in [5, 5.41) is 0. The fourth-order valence-corrected chi connectivity index (χ4v) is 2.50. The molecule has 2 unspecified atom stereocenters. The quantitative estimate of drug-likeness (QED) is 0.779. The number of hydrogen-bond acceptors (Lipinski definition) is 3. The van der Waals surface area contributed by atoms with Gasteiger partial charge in [0.15, 0.2) is 11.6 Å². The molecule has 2 atom stereocenters. The van der Waals surface area contributed by atoms with E-state index >= 15 is 0 Å². The molecular formula is C16H22O3. The maximum Gasteiger partial charge on any atom is 0.164 e. The first-order chi connectivity index (χ1) is 8.98. The first-order valence-corrected chi connectivity index (χ1v) is 6.87. The van der Waals surface area contributed by atoms with Crippen LogP contribution in [-0.2, 0) is 14.3 Å². The van der Waals surface area contributed by atoms with E-state index in [9.17, 15) is 4.79 Å². The number of ketones is 1. The van der Waals surface area contributed by atoms with Gasteiger partial charge in [-0.15, -0.1) is 0 Å². The summed E-state index contributed by atoms with van der Waals surface area (Å²) in [5.41, 5.74) is 1.28. The Kier molecular flexibility index (Phi) is 4.38. The molecule has 19 heavy (non-hydrogen) atoms. The minimum Gasteiger partial charge on any atom is -0.344 e. The lowest BCUT2D eigenvalue weighted by atomic mass is 10.0. The number of allylic oxidation sites excluding steroid dienone is 6. The van der Waals surface area contributed by atoms with Crippen LogP contribution in [0.25, 0.3) is 0 Å². The molecule has 0 aromatic carbocycles. The van der Waals surface area contributed by atoms with Crippen molar-refractivity contribution in [3.8, 4) is 0 Å². The van der Waals surface area contributed by atoms with Crippen molar-refractivity contribution in [1.29, 1.82) is 0 Å². The molecule has 1 saturated heterocycles. The van der Waals surface area contributed by atoms with Crippen molar-refractivity contribution in [3.63, 3.8) is 0 Å². The van der Waals surface area contributed by atoms with E-state index in [0.717, 1.165) is 12.8 Å². The van der Waals surface area contributed by atoms with Gasteiger partial charge in [-0.05, 0) is 33.6 Å². The zero-order chi connectivity index (χ0) is 13.9. The zero-order valence-electron chi connectivity index (χ0n) is 11.9. The van der Waals surface area contributed by atoms with E-state index in [2.05, 4.69) is 12.2 Å². The highest BCUT2D eigenvalue weighted by Crippen LogP contribution is 2.29. The van der Waals surface area contributed by atoms with Crippen LogP contribution in [0.3, 0.4) is 0 Å². The molecule has 2 rings (SSSR count). The Hall–Kier alpha value is -1.19. The molecule has 0 aromatic rings. The summed E-state index contributed by atoms with van der Waals surface area (Å²) in [4.78, 5) is 12.2. The number of rotatable bonds is 4. The van der Waals surface area contributed by atoms with Crippen molar-refractivity contribution in [1.82, 2.24) is 0 Å². The summed E-state index contributed by atoms with van der Waals surface area (Å²) in [6, 6.07) is 0. The molecule has 1 aliphatic heterocycles. The van der Waals surface area contributed by atoms with E-state index < -0.39 is 11.9 Å². The van der Waals surface area contributed by atoms with Crippen LogP contribution in [0.15, 0.2) is 36.0 Å². The maximum absolute atomic E-state index is 12.2. The Morgan fingerprint density at radius 3 is 2.79 bits per heavy atom. The SMILES string of the molecule is CC1OC(C)(C)OC1C(=O)CCC1=CC=CC=CC1. The predicted molar refractivity (Wildman–Crippen MR) is 74.7 cm³/mol. The third kappa shape index (κ3) is 3.88. The van der Waals surface area contributed by atoms with Gasteiger partial charge >= 0.3 is 0 Å². The summed E-state index contributed by atoms with van der Waals surface area (Å²) in [6.07, 6.45) is 11.9. The van der Waals surface area contributed by atoms with Crippen molar-refractivity contribution in [3.05, 3.63) is 36.0 Å². The van der Waals surface area contributed by atoms with Gasteiger partial charge in [-0.2, -0.15) is 0 Å². The van der Waals surface area contributed by atoms with Crippen LogP contribution in [0.4, 0.5) is 0 Å². The predicted octanol–water partition coefficient (Wildman–Crippen LogP) is 3.32. The number of carbonyl (C=O) groups is 1. The third-order valence-electron chi connectivity index (χ3n) is 3.39. The Balaban J connectivity index is 1.86. The van der Waals surface area contributed by atoms with Crippen molar-refractivity contribution in [2.75, 3.05) is 0 Å². The summed E-state index contributed by atoms with van der Waals surface area (Å²) >= 11 is 0. The Morgan fingerprint density at radius 1 is 1.32 bits per heavy atom. The number of hydrogen-bond donors (Lipinski definition) is 0. The molecule has 2 aliphatic rings. The maximum atomic E-state index is 12.2. The van der Waals surface area contributed by atoms with Crippen LogP contribution in [-0.4, -0.2) is 23.8 Å². The fourth-order valence-electron chi connectivity index (χ4n) is 2.50. The highest BCUT2D eigenvalue weighted by molar-refractivity contribution is 5.84. The summed E-state index contributed by atoms with van der Waals surface area (Å²) in [7, 11) is 0. The highest BCUT2D eigenvalue weighted by atomic mass is 16.8. The second kappa shape index (κ2) is 5.85. The smallest absolute Gasteiger partial charge is 0.164 e. The minimum atomic E-state index is -0.646. The van der Waals surface area contributed by atoms with E-state index in [4.69, 9.17) is 9.47 Å². The van der Waals surface area contributed by atoms with Crippen LogP contribution in [0.2, 0.25) is 0 Å². The molecule has 1 fully saturated rings. The van der Waals surface area contributed by atoms with Gasteiger partial charge in [0, 0.05) is 6.42 Å². The Labute approximate surface area is 115 Å². The number of carbonyl (C=O) groups excluding carboxylic acids is 1. The van der Waals surface area contributed by atoms with E-state index in [1.54, 1.807) is 0 Å².